The molecule has 0 bridgehead atoms. The van der Waals surface area contributed by atoms with Gasteiger partial charge in [0, 0.05) is 16.5 Å². The molecule has 0 radical (unpaired) electrons. The molecule has 3 aliphatic carbocycles. The number of Topliss-reactive ketones (excluding diaryl/α,β-unsaturated/α-hetero) is 1. The summed E-state index contributed by atoms with van der Waals surface area (Å²) in [5.74, 6) is 0.104. The van der Waals surface area contributed by atoms with Crippen LogP contribution in [0.1, 0.15) is 161 Å². The molecule has 0 amide bonds. The monoisotopic (exact) mass is 708 g/mol. The van der Waals surface area contributed by atoms with Crippen molar-refractivity contribution >= 4 is 33.4 Å². The lowest BCUT2D eigenvalue weighted by atomic mass is 9.77. The van der Waals surface area contributed by atoms with Crippen LogP contribution in [0.4, 0.5) is 5.69 Å². The minimum atomic E-state index is -0.591. The number of benzene rings is 2. The number of nitrogens with zero attached hydrogens (tertiary/aromatic N) is 2. The predicted octanol–water partition coefficient (Wildman–Crippen LogP) is 9.25. The van der Waals surface area contributed by atoms with E-state index in [1.807, 2.05) is 37.6 Å². The molecule has 3 aromatic rings. The molecule has 4 N–H and O–H groups in total. The van der Waals surface area contributed by atoms with E-state index in [0.29, 0.717) is 22.9 Å². The Labute approximate surface area is 308 Å². The molecule has 2 aromatic carbocycles. The number of aliphatic hydroxyl groups excluding tert-OH is 1. The molecule has 8 nitrogen and oxygen atoms in total. The molecule has 1 aliphatic heterocycles. The first kappa shape index (κ1) is 36.5. The Bertz CT molecular complexity index is 2040. The minimum Gasteiger partial charge on any atom is -0.507 e. The molecule has 1 unspecified atom stereocenters. The number of carbonyl (C=O) groups is 1. The van der Waals surface area contributed by atoms with Gasteiger partial charge >= 0.3 is 0 Å². The van der Waals surface area contributed by atoms with Crippen molar-refractivity contribution in [3.8, 4) is 5.75 Å². The first-order chi connectivity index (χ1) is 25.0. The Kier molecular flexibility index (Phi) is 10.2. The molecule has 4 aliphatic rings. The lowest BCUT2D eigenvalue weighted by Gasteiger charge is -2.36. The quantitative estimate of drug-likeness (QED) is 0.140. The summed E-state index contributed by atoms with van der Waals surface area (Å²) in [5.41, 5.74) is 0.693. The van der Waals surface area contributed by atoms with Gasteiger partial charge < -0.3 is 15.5 Å². The zero-order valence-corrected chi connectivity index (χ0v) is 32.2. The first-order valence-corrected chi connectivity index (χ1v) is 20.5. The molecule has 2 fully saturated rings. The summed E-state index contributed by atoms with van der Waals surface area (Å²) in [7, 11) is 0. The molecule has 280 valence electrons. The second kappa shape index (κ2) is 14.5. The standard InChI is InChI=1S/C44H60N4O4/c1-6-8-15-24-44(25-16-9-7-2)45-30-23-17-22-29-26-31(49)33(37(46-44)32(29)30)34-39(50)35(40(34)51)36-41(43(3,4)5)47-48(42(36)52)38(28-20-13-14-21-28)27-18-11-10-12-19-27/h17,22-23,26-28,38,45,47,49-50H,6-16,18-21,24-25H2,1-5H3. The average molecular weight is 709 g/mol. The van der Waals surface area contributed by atoms with Crippen molar-refractivity contribution in [1.82, 2.24) is 9.78 Å². The SMILES string of the molecule is CCCCCC1(CCCCC)N=c2c(=C3C(=O)C(c4c(C(C)(C)C)[nH]n(C(C5CCCCC5)C5CCCC5)c4=O)=C3O)c(O)cc3cccc(c23)N1. The number of hydrogen-bond acceptors (Lipinski definition) is 6. The number of unbranched alkanes of at least 4 members (excludes halogenated alkanes) is 4. The number of aliphatic hydroxyl groups is 1. The first-order valence-electron chi connectivity index (χ1n) is 20.5. The summed E-state index contributed by atoms with van der Waals surface area (Å²) in [6, 6.07) is 7.70. The van der Waals surface area contributed by atoms with Crippen LogP contribution in [0.3, 0.4) is 0 Å². The number of phenolic OH excluding ortho intramolecular Hbond substituents is 1. The summed E-state index contributed by atoms with van der Waals surface area (Å²) in [6.45, 7) is 10.5. The van der Waals surface area contributed by atoms with Crippen molar-refractivity contribution in [1.29, 1.82) is 0 Å². The number of phenols is 1. The van der Waals surface area contributed by atoms with E-state index in [2.05, 4.69) is 30.3 Å². The largest absolute Gasteiger partial charge is 0.507 e. The maximum absolute atomic E-state index is 14.7. The van der Waals surface area contributed by atoms with E-state index in [1.165, 1.54) is 32.1 Å². The van der Waals surface area contributed by atoms with Crippen LogP contribution in [0.2, 0.25) is 0 Å². The van der Waals surface area contributed by atoms with Gasteiger partial charge in [0.2, 0.25) is 5.78 Å². The number of rotatable bonds is 12. The van der Waals surface area contributed by atoms with Crippen molar-refractivity contribution in [3.63, 3.8) is 0 Å². The Morgan fingerprint density at radius 2 is 1.50 bits per heavy atom. The average Bonchev–Trinajstić information content (AvgIpc) is 3.76. The highest BCUT2D eigenvalue weighted by molar-refractivity contribution is 6.51. The highest BCUT2D eigenvalue weighted by Crippen LogP contribution is 2.45. The maximum Gasteiger partial charge on any atom is 0.275 e. The van der Waals surface area contributed by atoms with Crippen LogP contribution in [-0.2, 0) is 10.2 Å². The Morgan fingerprint density at radius 1 is 0.885 bits per heavy atom. The van der Waals surface area contributed by atoms with Crippen molar-refractivity contribution < 1.29 is 15.0 Å². The summed E-state index contributed by atoms with van der Waals surface area (Å²) >= 11 is 0. The number of aromatic nitrogens is 2. The van der Waals surface area contributed by atoms with Crippen LogP contribution in [0.25, 0.3) is 21.9 Å². The van der Waals surface area contributed by atoms with E-state index in [9.17, 15) is 19.8 Å². The smallest absolute Gasteiger partial charge is 0.275 e. The zero-order valence-electron chi connectivity index (χ0n) is 32.2. The molecule has 0 spiro atoms. The summed E-state index contributed by atoms with van der Waals surface area (Å²) < 4.78 is 1.86. The van der Waals surface area contributed by atoms with E-state index in [1.54, 1.807) is 6.07 Å². The Morgan fingerprint density at radius 3 is 2.08 bits per heavy atom. The van der Waals surface area contributed by atoms with Gasteiger partial charge in [0.1, 0.15) is 17.2 Å². The predicted molar refractivity (Wildman–Crippen MR) is 210 cm³/mol. The van der Waals surface area contributed by atoms with Crippen LogP contribution in [0.5, 0.6) is 5.75 Å². The lowest BCUT2D eigenvalue weighted by Crippen LogP contribution is -2.46. The number of anilines is 1. The fourth-order valence-electron chi connectivity index (χ4n) is 9.96. The second-order valence-electron chi connectivity index (χ2n) is 17.4. The third-order valence-corrected chi connectivity index (χ3v) is 12.6. The third kappa shape index (κ3) is 6.42. The fourth-order valence-corrected chi connectivity index (χ4v) is 9.96. The van der Waals surface area contributed by atoms with Gasteiger partial charge in [0.05, 0.1) is 39.0 Å². The van der Waals surface area contributed by atoms with E-state index in [-0.39, 0.29) is 45.0 Å². The third-order valence-electron chi connectivity index (χ3n) is 12.6. The molecular formula is C44H60N4O4. The van der Waals surface area contributed by atoms with Gasteiger partial charge in [-0.1, -0.05) is 105 Å². The number of hydrogen-bond donors (Lipinski definition) is 4. The second-order valence-corrected chi connectivity index (χ2v) is 17.4. The van der Waals surface area contributed by atoms with Crippen molar-refractivity contribution in [3.05, 3.63) is 62.2 Å². The van der Waals surface area contributed by atoms with Gasteiger partial charge in [-0.2, -0.15) is 0 Å². The lowest BCUT2D eigenvalue weighted by molar-refractivity contribution is -0.110. The molecule has 1 aromatic heterocycles. The van der Waals surface area contributed by atoms with E-state index in [4.69, 9.17) is 4.99 Å². The van der Waals surface area contributed by atoms with Crippen LogP contribution in [0.15, 0.2) is 39.8 Å². The van der Waals surface area contributed by atoms with Gasteiger partial charge in [-0.25, -0.2) is 4.68 Å². The topological polar surface area (TPSA) is 120 Å². The van der Waals surface area contributed by atoms with E-state index < -0.39 is 16.9 Å². The van der Waals surface area contributed by atoms with E-state index in [0.717, 1.165) is 93.5 Å². The highest BCUT2D eigenvalue weighted by Gasteiger charge is 2.44. The van der Waals surface area contributed by atoms with Crippen molar-refractivity contribution in [2.75, 3.05) is 5.32 Å². The summed E-state index contributed by atoms with van der Waals surface area (Å²) in [5, 5.41) is 33.6. The van der Waals surface area contributed by atoms with Gasteiger partial charge in [-0.05, 0) is 80.7 Å². The number of aromatic amines is 1. The molecule has 2 saturated carbocycles. The van der Waals surface area contributed by atoms with Gasteiger partial charge in [0.15, 0.2) is 0 Å². The molecule has 1 atom stereocenters. The van der Waals surface area contributed by atoms with Crippen molar-refractivity contribution in [2.24, 2.45) is 16.8 Å². The minimum absolute atomic E-state index is 0.0486. The normalized spacial score (nSPS) is 21.0. The number of ketones is 1. The molecular weight excluding hydrogens is 649 g/mol. The van der Waals surface area contributed by atoms with Crippen LogP contribution in [-0.4, -0.2) is 31.4 Å². The van der Waals surface area contributed by atoms with Gasteiger partial charge in [0.25, 0.3) is 5.56 Å². The maximum atomic E-state index is 14.7. The number of nitrogens with one attached hydrogen (secondary N) is 2. The van der Waals surface area contributed by atoms with Crippen LogP contribution < -0.4 is 21.5 Å². The Hall–Kier alpha value is -3.81. The number of allylic oxidation sites excluding steroid dienone is 2. The molecule has 8 heteroatoms. The Balaban J connectivity index is 1.44. The molecule has 2 heterocycles. The van der Waals surface area contributed by atoms with Crippen molar-refractivity contribution in [2.45, 2.75) is 161 Å². The van der Waals surface area contributed by atoms with Crippen LogP contribution >= 0.6 is 0 Å². The summed E-state index contributed by atoms with van der Waals surface area (Å²) in [4.78, 5) is 34.8. The number of H-pyrrole nitrogens is 1. The number of carbonyl (C=O) groups excluding carboxylic acids is 1. The van der Waals surface area contributed by atoms with Gasteiger partial charge in [-0.15, -0.1) is 0 Å². The molecule has 7 rings (SSSR count). The van der Waals surface area contributed by atoms with Crippen LogP contribution in [0, 0.1) is 11.8 Å². The molecule has 0 saturated heterocycles. The fraction of sp³-hybridized carbons (Fsp3) is 0.614. The summed E-state index contributed by atoms with van der Waals surface area (Å²) in [6.07, 6.45) is 18.4. The zero-order chi connectivity index (χ0) is 36.8. The molecule has 52 heavy (non-hydrogen) atoms. The highest BCUT2D eigenvalue weighted by atomic mass is 16.3. The van der Waals surface area contributed by atoms with Gasteiger partial charge in [-0.3, -0.25) is 19.7 Å². The number of aromatic hydroxyl groups is 1. The van der Waals surface area contributed by atoms with E-state index >= 15 is 0 Å².